The molecular formula is C21H24N2O5. The van der Waals surface area contributed by atoms with Crippen LogP contribution in [0.4, 0.5) is 10.5 Å². The lowest BCUT2D eigenvalue weighted by Crippen LogP contribution is -2.34. The van der Waals surface area contributed by atoms with E-state index in [2.05, 4.69) is 10.1 Å². The summed E-state index contributed by atoms with van der Waals surface area (Å²) >= 11 is 0. The molecule has 1 aliphatic heterocycles. The van der Waals surface area contributed by atoms with E-state index in [4.69, 9.17) is 9.47 Å². The molecule has 2 aromatic carbocycles. The van der Waals surface area contributed by atoms with Crippen LogP contribution in [-0.4, -0.2) is 44.8 Å². The second kappa shape index (κ2) is 8.65. The van der Waals surface area contributed by atoms with E-state index < -0.39 is 5.97 Å². The summed E-state index contributed by atoms with van der Waals surface area (Å²) in [6.45, 7) is 0.650. The van der Waals surface area contributed by atoms with Crippen LogP contribution in [0.1, 0.15) is 34.8 Å². The monoisotopic (exact) mass is 384 g/mol. The number of methoxy groups -OCH3 is 3. The highest BCUT2D eigenvalue weighted by Crippen LogP contribution is 2.39. The minimum atomic E-state index is -0.414. The van der Waals surface area contributed by atoms with Gasteiger partial charge in [0.05, 0.1) is 32.9 Å². The molecule has 1 heterocycles. The van der Waals surface area contributed by atoms with Crippen LogP contribution in [0.3, 0.4) is 0 Å². The van der Waals surface area contributed by atoms with Gasteiger partial charge in [-0.15, -0.1) is 0 Å². The first-order valence-electron chi connectivity index (χ1n) is 9.05. The first-order chi connectivity index (χ1) is 13.6. The third kappa shape index (κ3) is 4.03. The van der Waals surface area contributed by atoms with Gasteiger partial charge in [0.2, 0.25) is 0 Å². The molecule has 3 rings (SSSR count). The van der Waals surface area contributed by atoms with Gasteiger partial charge in [0.1, 0.15) is 11.5 Å². The second-order valence-corrected chi connectivity index (χ2v) is 6.46. The van der Waals surface area contributed by atoms with Crippen molar-refractivity contribution in [2.24, 2.45) is 0 Å². The number of anilines is 1. The van der Waals surface area contributed by atoms with E-state index in [0.717, 1.165) is 29.9 Å². The average Bonchev–Trinajstić information content (AvgIpc) is 3.23. The predicted molar refractivity (Wildman–Crippen MR) is 105 cm³/mol. The lowest BCUT2D eigenvalue weighted by molar-refractivity contribution is 0.0600. The fourth-order valence-electron chi connectivity index (χ4n) is 3.44. The summed E-state index contributed by atoms with van der Waals surface area (Å²) in [6, 6.07) is 11.9. The van der Waals surface area contributed by atoms with E-state index in [9.17, 15) is 9.59 Å². The number of nitrogens with zero attached hydrogens (tertiary/aromatic N) is 1. The predicted octanol–water partition coefficient (Wildman–Crippen LogP) is 3.86. The molecule has 1 saturated heterocycles. The van der Waals surface area contributed by atoms with E-state index in [1.54, 1.807) is 43.4 Å². The second-order valence-electron chi connectivity index (χ2n) is 6.46. The maximum absolute atomic E-state index is 12.9. The number of carbonyl (C=O) groups excluding carboxylic acids is 2. The van der Waals surface area contributed by atoms with Crippen LogP contribution < -0.4 is 14.8 Å². The normalized spacial score (nSPS) is 15.8. The molecule has 7 heteroatoms. The maximum atomic E-state index is 12.9. The molecule has 0 saturated carbocycles. The molecule has 0 aromatic heterocycles. The zero-order valence-electron chi connectivity index (χ0n) is 16.2. The van der Waals surface area contributed by atoms with Gasteiger partial charge in [-0.1, -0.05) is 0 Å². The molecular weight excluding hydrogens is 360 g/mol. The van der Waals surface area contributed by atoms with Gasteiger partial charge in [0.25, 0.3) is 0 Å². The highest BCUT2D eigenvalue weighted by molar-refractivity contribution is 5.92. The lowest BCUT2D eigenvalue weighted by Gasteiger charge is -2.27. The molecule has 2 amide bonds. The van der Waals surface area contributed by atoms with Gasteiger partial charge in [-0.2, -0.15) is 0 Å². The number of benzene rings is 2. The molecule has 7 nitrogen and oxygen atoms in total. The fraction of sp³-hybridized carbons (Fsp3) is 0.333. The number of urea groups is 1. The summed E-state index contributed by atoms with van der Waals surface area (Å²) in [5, 5.41) is 2.90. The fourth-order valence-corrected chi connectivity index (χ4v) is 3.44. The van der Waals surface area contributed by atoms with Gasteiger partial charge in [0, 0.05) is 17.8 Å². The van der Waals surface area contributed by atoms with Gasteiger partial charge < -0.3 is 24.4 Å². The van der Waals surface area contributed by atoms with Crippen LogP contribution in [0.5, 0.6) is 11.5 Å². The number of likely N-dealkylation sites (tertiary alicyclic amines) is 1. The van der Waals surface area contributed by atoms with E-state index in [1.165, 1.54) is 7.11 Å². The zero-order chi connectivity index (χ0) is 20.1. The summed E-state index contributed by atoms with van der Waals surface area (Å²) in [4.78, 5) is 26.2. The number of hydrogen-bond acceptors (Lipinski definition) is 5. The molecule has 0 spiro atoms. The minimum absolute atomic E-state index is 0.0978. The molecule has 2 aromatic rings. The van der Waals surface area contributed by atoms with Crippen molar-refractivity contribution in [1.82, 2.24) is 4.90 Å². The van der Waals surface area contributed by atoms with E-state index in [1.807, 2.05) is 18.2 Å². The molecule has 0 radical (unpaired) electrons. The van der Waals surface area contributed by atoms with Gasteiger partial charge in [-0.05, 0) is 55.3 Å². The highest BCUT2D eigenvalue weighted by atomic mass is 16.5. The standard InChI is InChI=1S/C21H24N2O5/c1-26-16-10-11-19(27-2)17(13-16)18-5-4-12-23(18)21(25)22-15-8-6-14(7-9-15)20(24)28-3/h6-11,13,18H,4-5,12H2,1-3H3,(H,22,25)/t18-/m0/s1. The van der Waals surface area contributed by atoms with Crippen LogP contribution in [-0.2, 0) is 4.74 Å². The molecule has 1 aliphatic rings. The Balaban J connectivity index is 1.77. The summed E-state index contributed by atoms with van der Waals surface area (Å²) in [5.41, 5.74) is 1.97. The summed E-state index contributed by atoms with van der Waals surface area (Å²) in [5.74, 6) is 1.04. The van der Waals surface area contributed by atoms with Gasteiger partial charge in [0.15, 0.2) is 0 Å². The molecule has 1 fully saturated rings. The number of carbonyl (C=O) groups is 2. The van der Waals surface area contributed by atoms with Crippen LogP contribution >= 0.6 is 0 Å². The molecule has 28 heavy (non-hydrogen) atoms. The number of nitrogens with one attached hydrogen (secondary N) is 1. The summed E-state index contributed by atoms with van der Waals surface area (Å²) in [7, 11) is 4.56. The van der Waals surface area contributed by atoms with Gasteiger partial charge >= 0.3 is 12.0 Å². The number of rotatable bonds is 5. The molecule has 148 valence electrons. The largest absolute Gasteiger partial charge is 0.497 e. The first kappa shape index (κ1) is 19.5. The van der Waals surface area contributed by atoms with Crippen LogP contribution in [0.15, 0.2) is 42.5 Å². The van der Waals surface area contributed by atoms with Crippen molar-refractivity contribution in [3.05, 3.63) is 53.6 Å². The quantitative estimate of drug-likeness (QED) is 0.792. The molecule has 0 bridgehead atoms. The van der Waals surface area contributed by atoms with E-state index in [0.29, 0.717) is 17.8 Å². The zero-order valence-corrected chi connectivity index (χ0v) is 16.2. The Labute approximate surface area is 164 Å². The smallest absolute Gasteiger partial charge is 0.337 e. The van der Waals surface area contributed by atoms with E-state index in [-0.39, 0.29) is 12.1 Å². The van der Waals surface area contributed by atoms with E-state index >= 15 is 0 Å². The lowest BCUT2D eigenvalue weighted by atomic mass is 10.0. The van der Waals surface area contributed by atoms with Crippen molar-refractivity contribution in [2.75, 3.05) is 33.2 Å². The number of ether oxygens (including phenoxy) is 3. The number of hydrogen-bond donors (Lipinski definition) is 1. The number of amides is 2. The van der Waals surface area contributed by atoms with Crippen molar-refractivity contribution in [1.29, 1.82) is 0 Å². The van der Waals surface area contributed by atoms with Crippen LogP contribution in [0.25, 0.3) is 0 Å². The van der Waals surface area contributed by atoms with Gasteiger partial charge in [-0.25, -0.2) is 9.59 Å². The van der Waals surface area contributed by atoms with Crippen molar-refractivity contribution < 1.29 is 23.8 Å². The first-order valence-corrected chi connectivity index (χ1v) is 9.05. The SMILES string of the molecule is COC(=O)c1ccc(NC(=O)N2CCC[C@H]2c2cc(OC)ccc2OC)cc1. The summed E-state index contributed by atoms with van der Waals surface area (Å²) < 4.78 is 15.5. The Morgan fingerprint density at radius 3 is 2.43 bits per heavy atom. The minimum Gasteiger partial charge on any atom is -0.497 e. The molecule has 0 unspecified atom stereocenters. The highest BCUT2D eigenvalue weighted by Gasteiger charge is 2.32. The Morgan fingerprint density at radius 2 is 1.79 bits per heavy atom. The Hall–Kier alpha value is -3.22. The summed E-state index contributed by atoms with van der Waals surface area (Å²) in [6.07, 6.45) is 1.75. The van der Waals surface area contributed by atoms with Crippen molar-refractivity contribution in [3.8, 4) is 11.5 Å². The average molecular weight is 384 g/mol. The van der Waals surface area contributed by atoms with Crippen molar-refractivity contribution in [2.45, 2.75) is 18.9 Å². The van der Waals surface area contributed by atoms with Crippen LogP contribution in [0, 0.1) is 0 Å². The third-order valence-electron chi connectivity index (χ3n) is 4.87. The van der Waals surface area contributed by atoms with Crippen LogP contribution in [0.2, 0.25) is 0 Å². The molecule has 0 aliphatic carbocycles. The van der Waals surface area contributed by atoms with Crippen molar-refractivity contribution in [3.63, 3.8) is 0 Å². The Morgan fingerprint density at radius 1 is 1.04 bits per heavy atom. The van der Waals surface area contributed by atoms with Gasteiger partial charge in [-0.3, -0.25) is 0 Å². The molecule has 1 N–H and O–H groups in total. The molecule has 1 atom stereocenters. The number of esters is 1. The Kier molecular flexibility index (Phi) is 6.03. The maximum Gasteiger partial charge on any atom is 0.337 e. The topological polar surface area (TPSA) is 77.1 Å². The van der Waals surface area contributed by atoms with Crippen molar-refractivity contribution >= 4 is 17.7 Å². The third-order valence-corrected chi connectivity index (χ3v) is 4.87. The Bertz CT molecular complexity index is 850.